The molecule has 0 aromatic heterocycles. The highest BCUT2D eigenvalue weighted by Gasteiger charge is 2.23. The molecule has 132 valence electrons. The first-order valence-electron chi connectivity index (χ1n) is 7.85. The van der Waals surface area contributed by atoms with Gasteiger partial charge in [0.05, 0.1) is 6.16 Å². The third-order valence-corrected chi connectivity index (χ3v) is 5.56. The largest absolute Gasteiger partial charge is 0.507 e. The van der Waals surface area contributed by atoms with E-state index in [-0.39, 0.29) is 29.2 Å². The standard InChI is InChI=1S/C19H21O5P/c1-14-7-8-18(20)17(11-14)16(12-19(21)22)13-25(23,24)10-9-15-5-3-2-4-6-15/h2-8,11-12,20H,9-10,13H2,1H3,(H,21,22)(H,23,24)/b16-12-. The molecule has 2 aromatic carbocycles. The summed E-state index contributed by atoms with van der Waals surface area (Å²) in [4.78, 5) is 21.4. The molecule has 0 saturated carbocycles. The molecule has 0 bridgehead atoms. The normalized spacial score (nSPS) is 14.1. The highest BCUT2D eigenvalue weighted by atomic mass is 31.2. The zero-order chi connectivity index (χ0) is 18.4. The number of phenols is 1. The van der Waals surface area contributed by atoms with Crippen molar-refractivity contribution in [2.24, 2.45) is 0 Å². The first-order valence-corrected chi connectivity index (χ1v) is 9.88. The van der Waals surface area contributed by atoms with Crippen LogP contribution in [0.4, 0.5) is 0 Å². The summed E-state index contributed by atoms with van der Waals surface area (Å²) in [6.45, 7) is 1.80. The van der Waals surface area contributed by atoms with Gasteiger partial charge < -0.3 is 15.1 Å². The van der Waals surface area contributed by atoms with E-state index in [4.69, 9.17) is 5.11 Å². The molecule has 2 aromatic rings. The average Bonchev–Trinajstić information content (AvgIpc) is 2.55. The van der Waals surface area contributed by atoms with E-state index in [2.05, 4.69) is 0 Å². The van der Waals surface area contributed by atoms with Crippen molar-refractivity contribution in [1.29, 1.82) is 0 Å². The number of hydrogen-bond donors (Lipinski definition) is 3. The predicted octanol–water partition coefficient (Wildman–Crippen LogP) is 3.68. The van der Waals surface area contributed by atoms with Crippen LogP contribution >= 0.6 is 7.37 Å². The number of aliphatic carboxylic acids is 1. The maximum absolute atomic E-state index is 12.6. The Morgan fingerprint density at radius 2 is 1.84 bits per heavy atom. The molecular weight excluding hydrogens is 339 g/mol. The molecule has 0 heterocycles. The van der Waals surface area contributed by atoms with Crippen LogP contribution in [0.2, 0.25) is 0 Å². The van der Waals surface area contributed by atoms with Gasteiger partial charge in [0.1, 0.15) is 5.75 Å². The number of aromatic hydroxyl groups is 1. The molecule has 0 aliphatic carbocycles. The molecule has 5 nitrogen and oxygen atoms in total. The lowest BCUT2D eigenvalue weighted by atomic mass is 10.0. The van der Waals surface area contributed by atoms with Crippen LogP contribution in [0, 0.1) is 6.92 Å². The first kappa shape index (κ1) is 19.0. The van der Waals surface area contributed by atoms with Crippen LogP contribution in [0.15, 0.2) is 54.6 Å². The van der Waals surface area contributed by atoms with Gasteiger partial charge in [0.25, 0.3) is 0 Å². The van der Waals surface area contributed by atoms with Crippen LogP contribution < -0.4 is 0 Å². The zero-order valence-electron chi connectivity index (χ0n) is 13.9. The van der Waals surface area contributed by atoms with E-state index >= 15 is 0 Å². The van der Waals surface area contributed by atoms with E-state index in [1.54, 1.807) is 19.1 Å². The Morgan fingerprint density at radius 3 is 2.48 bits per heavy atom. The minimum Gasteiger partial charge on any atom is -0.507 e. The smallest absolute Gasteiger partial charge is 0.328 e. The predicted molar refractivity (Wildman–Crippen MR) is 98.2 cm³/mol. The SMILES string of the molecule is Cc1ccc(O)c(/C(=C\C(=O)O)CP(=O)(O)CCc2ccccc2)c1. The Hall–Kier alpha value is -2.36. The average molecular weight is 360 g/mol. The van der Waals surface area contributed by atoms with Gasteiger partial charge in [-0.1, -0.05) is 42.0 Å². The number of hydrogen-bond acceptors (Lipinski definition) is 3. The van der Waals surface area contributed by atoms with E-state index in [1.807, 2.05) is 30.3 Å². The second-order valence-corrected chi connectivity index (χ2v) is 8.45. The second kappa shape index (κ2) is 8.15. The summed E-state index contributed by atoms with van der Waals surface area (Å²) in [5, 5.41) is 19.1. The molecular formula is C19H21O5P. The molecule has 0 saturated heterocycles. The van der Waals surface area contributed by atoms with Gasteiger partial charge >= 0.3 is 5.97 Å². The molecule has 0 spiro atoms. The van der Waals surface area contributed by atoms with Crippen molar-refractivity contribution in [2.45, 2.75) is 13.3 Å². The molecule has 25 heavy (non-hydrogen) atoms. The summed E-state index contributed by atoms with van der Waals surface area (Å²) in [7, 11) is -3.61. The lowest BCUT2D eigenvalue weighted by molar-refractivity contribution is -0.131. The molecule has 1 unspecified atom stereocenters. The number of benzene rings is 2. The van der Waals surface area contributed by atoms with Crippen molar-refractivity contribution < 1.29 is 24.5 Å². The fourth-order valence-corrected chi connectivity index (χ4v) is 4.12. The van der Waals surface area contributed by atoms with Crippen molar-refractivity contribution in [3.05, 3.63) is 71.3 Å². The molecule has 6 heteroatoms. The number of carbonyl (C=O) groups is 1. The fourth-order valence-electron chi connectivity index (χ4n) is 2.56. The number of aryl methyl sites for hydroxylation is 2. The Bertz CT molecular complexity index is 827. The molecule has 0 radical (unpaired) electrons. The van der Waals surface area contributed by atoms with Gasteiger partial charge in [0.2, 0.25) is 7.37 Å². The van der Waals surface area contributed by atoms with Gasteiger partial charge in [-0.15, -0.1) is 0 Å². The van der Waals surface area contributed by atoms with Crippen LogP contribution in [0.5, 0.6) is 5.75 Å². The summed E-state index contributed by atoms with van der Waals surface area (Å²) in [5.74, 6) is -1.33. The van der Waals surface area contributed by atoms with Gasteiger partial charge in [-0.3, -0.25) is 4.57 Å². The van der Waals surface area contributed by atoms with Crippen LogP contribution in [-0.4, -0.2) is 33.4 Å². The Morgan fingerprint density at radius 1 is 1.16 bits per heavy atom. The molecule has 2 rings (SSSR count). The maximum Gasteiger partial charge on any atom is 0.328 e. The quantitative estimate of drug-likeness (QED) is 0.517. The number of rotatable bonds is 7. The van der Waals surface area contributed by atoms with Crippen LogP contribution in [0.1, 0.15) is 16.7 Å². The summed E-state index contributed by atoms with van der Waals surface area (Å²) in [6, 6.07) is 14.1. The van der Waals surface area contributed by atoms with Crippen molar-refractivity contribution >= 4 is 18.9 Å². The maximum atomic E-state index is 12.6. The van der Waals surface area contributed by atoms with Gasteiger partial charge in [-0.2, -0.15) is 0 Å². The van der Waals surface area contributed by atoms with E-state index in [9.17, 15) is 19.4 Å². The van der Waals surface area contributed by atoms with E-state index in [0.29, 0.717) is 6.42 Å². The Balaban J connectivity index is 2.23. The van der Waals surface area contributed by atoms with E-state index < -0.39 is 13.3 Å². The molecule has 3 N–H and O–H groups in total. The molecule has 1 atom stereocenters. The summed E-state index contributed by atoms with van der Waals surface area (Å²) >= 11 is 0. The van der Waals surface area contributed by atoms with Gasteiger partial charge in [0.15, 0.2) is 0 Å². The highest BCUT2D eigenvalue weighted by molar-refractivity contribution is 7.58. The first-order chi connectivity index (χ1) is 11.8. The summed E-state index contributed by atoms with van der Waals surface area (Å²) < 4.78 is 12.6. The van der Waals surface area contributed by atoms with Crippen molar-refractivity contribution in [2.75, 3.05) is 12.3 Å². The lowest BCUT2D eigenvalue weighted by Crippen LogP contribution is -2.03. The van der Waals surface area contributed by atoms with Crippen LogP contribution in [0.25, 0.3) is 5.57 Å². The summed E-state index contributed by atoms with van der Waals surface area (Å²) in [5.41, 5.74) is 2.18. The number of carboxylic acid groups (broad SMARTS) is 1. The zero-order valence-corrected chi connectivity index (χ0v) is 14.8. The molecule has 0 fully saturated rings. The minimum atomic E-state index is -3.61. The lowest BCUT2D eigenvalue weighted by Gasteiger charge is -2.16. The minimum absolute atomic E-state index is 0.0422. The molecule has 0 amide bonds. The van der Waals surface area contributed by atoms with E-state index in [0.717, 1.165) is 17.2 Å². The Kier molecular flexibility index (Phi) is 6.18. The molecule has 0 aliphatic rings. The second-order valence-electron chi connectivity index (χ2n) is 5.99. The van der Waals surface area contributed by atoms with Gasteiger partial charge in [-0.05, 0) is 36.6 Å². The Labute approximate surface area is 146 Å². The fraction of sp³-hybridized carbons (Fsp3) is 0.211. The summed E-state index contributed by atoms with van der Waals surface area (Å²) in [6.07, 6.45) is 1.05. The monoisotopic (exact) mass is 360 g/mol. The van der Waals surface area contributed by atoms with Crippen molar-refractivity contribution in [3.63, 3.8) is 0 Å². The van der Waals surface area contributed by atoms with Crippen molar-refractivity contribution in [3.8, 4) is 5.75 Å². The van der Waals surface area contributed by atoms with E-state index in [1.165, 1.54) is 6.07 Å². The van der Waals surface area contributed by atoms with Gasteiger partial charge in [0, 0.05) is 17.8 Å². The topological polar surface area (TPSA) is 94.8 Å². The van der Waals surface area contributed by atoms with Crippen molar-refractivity contribution in [1.82, 2.24) is 0 Å². The van der Waals surface area contributed by atoms with Crippen LogP contribution in [-0.2, 0) is 15.8 Å². The molecule has 0 aliphatic heterocycles. The number of carboxylic acids is 1. The van der Waals surface area contributed by atoms with Crippen LogP contribution in [0.3, 0.4) is 0 Å². The highest BCUT2D eigenvalue weighted by Crippen LogP contribution is 2.46. The number of allylic oxidation sites excluding steroid dienone is 1. The third kappa shape index (κ3) is 5.89. The third-order valence-electron chi connectivity index (χ3n) is 3.81. The number of phenolic OH excluding ortho intramolecular Hbond substituents is 1. The van der Waals surface area contributed by atoms with Gasteiger partial charge in [-0.25, -0.2) is 4.79 Å².